The van der Waals surface area contributed by atoms with Crippen molar-refractivity contribution in [1.29, 1.82) is 0 Å². The fraction of sp³-hybridized carbons (Fsp3) is 0.222. The summed E-state index contributed by atoms with van der Waals surface area (Å²) in [5, 5.41) is 6.15. The van der Waals surface area contributed by atoms with Crippen LogP contribution in [0.4, 0.5) is 18.9 Å². The highest BCUT2D eigenvalue weighted by Gasteiger charge is 2.30. The highest BCUT2D eigenvalue weighted by atomic mass is 19.4. The summed E-state index contributed by atoms with van der Waals surface area (Å²) in [4.78, 5) is 16.7. The molecule has 0 saturated heterocycles. The van der Waals surface area contributed by atoms with Gasteiger partial charge in [-0.05, 0) is 42.5 Å². The van der Waals surface area contributed by atoms with E-state index in [9.17, 15) is 18.0 Å². The first-order chi connectivity index (χ1) is 13.3. The van der Waals surface area contributed by atoms with Crippen molar-refractivity contribution in [2.24, 2.45) is 5.16 Å². The predicted octanol–water partition coefficient (Wildman–Crippen LogP) is 3.59. The van der Waals surface area contributed by atoms with Crippen molar-refractivity contribution in [3.8, 4) is 17.2 Å². The molecule has 0 unspecified atom stereocenters. The number of rotatable bonds is 8. The van der Waals surface area contributed by atoms with Crippen molar-refractivity contribution in [3.05, 3.63) is 48.0 Å². The highest BCUT2D eigenvalue weighted by Crippen LogP contribution is 2.24. The topological polar surface area (TPSA) is 78.4 Å². The zero-order valence-corrected chi connectivity index (χ0v) is 14.9. The van der Waals surface area contributed by atoms with Crippen LogP contribution in [0.2, 0.25) is 0 Å². The Morgan fingerprint density at radius 3 is 2.36 bits per heavy atom. The van der Waals surface area contributed by atoms with Crippen LogP contribution in [0, 0.1) is 0 Å². The molecule has 0 aliphatic heterocycles. The molecule has 2 aromatic carbocycles. The number of ether oxygens (including phenoxy) is 3. The Morgan fingerprint density at radius 2 is 1.75 bits per heavy atom. The molecule has 10 heteroatoms. The smallest absolute Gasteiger partial charge is 0.497 e. The second-order valence-electron chi connectivity index (χ2n) is 5.24. The lowest BCUT2D eigenvalue weighted by atomic mass is 10.2. The number of carbonyl (C=O) groups excluding carboxylic acids is 1. The van der Waals surface area contributed by atoms with Gasteiger partial charge in [0, 0.05) is 11.3 Å². The second-order valence-corrected chi connectivity index (χ2v) is 5.24. The Bertz CT molecular complexity index is 823. The SMILES string of the molecule is COc1ccc(OC)c(/C=N\OCC(=O)Nc2ccc(OC(F)(F)F)cc2)c1. The molecule has 2 aromatic rings. The van der Waals surface area contributed by atoms with Gasteiger partial charge in [-0.2, -0.15) is 0 Å². The summed E-state index contributed by atoms with van der Waals surface area (Å²) in [5.74, 6) is 0.203. The molecule has 0 aliphatic rings. The first-order valence-corrected chi connectivity index (χ1v) is 7.84. The van der Waals surface area contributed by atoms with E-state index in [0.29, 0.717) is 17.1 Å². The van der Waals surface area contributed by atoms with Crippen molar-refractivity contribution in [1.82, 2.24) is 0 Å². The Kier molecular flexibility index (Phi) is 7.08. The summed E-state index contributed by atoms with van der Waals surface area (Å²) in [6.45, 7) is -0.399. The molecule has 0 spiro atoms. The summed E-state index contributed by atoms with van der Waals surface area (Å²) >= 11 is 0. The number of oxime groups is 1. The predicted molar refractivity (Wildman–Crippen MR) is 94.8 cm³/mol. The zero-order chi connectivity index (χ0) is 20.6. The minimum absolute atomic E-state index is 0.279. The third-order valence-corrected chi connectivity index (χ3v) is 3.27. The molecular weight excluding hydrogens is 381 g/mol. The number of alkyl halides is 3. The number of carbonyl (C=O) groups is 1. The van der Waals surface area contributed by atoms with Gasteiger partial charge < -0.3 is 24.4 Å². The summed E-state index contributed by atoms with van der Waals surface area (Å²) < 4.78 is 50.3. The Balaban J connectivity index is 1.85. The van der Waals surface area contributed by atoms with E-state index < -0.39 is 24.6 Å². The fourth-order valence-corrected chi connectivity index (χ4v) is 2.07. The maximum Gasteiger partial charge on any atom is 0.573 e. The summed E-state index contributed by atoms with van der Waals surface area (Å²) in [6.07, 6.45) is -3.42. The van der Waals surface area contributed by atoms with Crippen molar-refractivity contribution in [3.63, 3.8) is 0 Å². The van der Waals surface area contributed by atoms with Crippen LogP contribution in [-0.4, -0.2) is 39.3 Å². The molecule has 1 N–H and O–H groups in total. The van der Waals surface area contributed by atoms with E-state index >= 15 is 0 Å². The second kappa shape index (κ2) is 9.49. The lowest BCUT2D eigenvalue weighted by Crippen LogP contribution is -2.18. The average molecular weight is 398 g/mol. The first kappa shape index (κ1) is 20.9. The molecule has 1 amide bonds. The number of nitrogens with zero attached hydrogens (tertiary/aromatic N) is 1. The van der Waals surface area contributed by atoms with Crippen LogP contribution >= 0.6 is 0 Å². The molecule has 0 aliphatic carbocycles. The van der Waals surface area contributed by atoms with E-state index in [1.165, 1.54) is 32.6 Å². The molecule has 0 radical (unpaired) electrons. The number of hydrogen-bond donors (Lipinski definition) is 1. The van der Waals surface area contributed by atoms with Gasteiger partial charge in [-0.1, -0.05) is 5.16 Å². The van der Waals surface area contributed by atoms with Crippen LogP contribution in [0.5, 0.6) is 17.2 Å². The van der Waals surface area contributed by atoms with Crippen molar-refractivity contribution < 1.29 is 37.0 Å². The maximum atomic E-state index is 12.1. The molecule has 7 nitrogen and oxygen atoms in total. The van der Waals surface area contributed by atoms with E-state index in [4.69, 9.17) is 14.3 Å². The van der Waals surface area contributed by atoms with Gasteiger partial charge in [0.05, 0.1) is 20.4 Å². The number of nitrogens with one attached hydrogen (secondary N) is 1. The van der Waals surface area contributed by atoms with Gasteiger partial charge in [0.1, 0.15) is 17.2 Å². The molecule has 2 rings (SSSR count). The molecule has 28 heavy (non-hydrogen) atoms. The number of halogens is 3. The minimum Gasteiger partial charge on any atom is -0.497 e. The summed E-state index contributed by atoms with van der Waals surface area (Å²) in [7, 11) is 3.02. The third-order valence-electron chi connectivity index (χ3n) is 3.27. The monoisotopic (exact) mass is 398 g/mol. The largest absolute Gasteiger partial charge is 0.573 e. The van der Waals surface area contributed by atoms with E-state index in [-0.39, 0.29) is 5.69 Å². The normalized spacial score (nSPS) is 11.2. The Morgan fingerprint density at radius 1 is 1.07 bits per heavy atom. The van der Waals surface area contributed by atoms with Gasteiger partial charge in [-0.15, -0.1) is 13.2 Å². The van der Waals surface area contributed by atoms with Gasteiger partial charge in [0.15, 0.2) is 6.61 Å². The van der Waals surface area contributed by atoms with Gasteiger partial charge in [-0.3, -0.25) is 4.79 Å². The van der Waals surface area contributed by atoms with Crippen molar-refractivity contribution in [2.75, 3.05) is 26.1 Å². The van der Waals surface area contributed by atoms with Crippen molar-refractivity contribution >= 4 is 17.8 Å². The number of methoxy groups -OCH3 is 2. The molecule has 0 saturated carbocycles. The molecule has 0 fully saturated rings. The lowest BCUT2D eigenvalue weighted by molar-refractivity contribution is -0.274. The first-order valence-electron chi connectivity index (χ1n) is 7.84. The van der Waals surface area contributed by atoms with Gasteiger partial charge in [-0.25, -0.2) is 0 Å². The van der Waals surface area contributed by atoms with Crippen molar-refractivity contribution in [2.45, 2.75) is 6.36 Å². The number of amides is 1. The quantitative estimate of drug-likeness (QED) is 0.543. The fourth-order valence-electron chi connectivity index (χ4n) is 2.07. The third kappa shape index (κ3) is 6.71. The number of hydrogen-bond acceptors (Lipinski definition) is 6. The van der Waals surface area contributed by atoms with Gasteiger partial charge in [0.2, 0.25) is 0 Å². The standard InChI is InChI=1S/C18H17F3N2O5/c1-25-15-7-8-16(26-2)12(9-15)10-22-27-11-17(24)23-13-3-5-14(6-4-13)28-18(19,20)21/h3-10H,11H2,1-2H3,(H,23,24)/b22-10-. The van der Waals surface area contributed by atoms with Crippen LogP contribution in [0.25, 0.3) is 0 Å². The van der Waals surface area contributed by atoms with E-state index in [2.05, 4.69) is 15.2 Å². The molecule has 150 valence electrons. The van der Waals surface area contributed by atoms with Crippen LogP contribution in [0.3, 0.4) is 0 Å². The van der Waals surface area contributed by atoms with Crippen LogP contribution in [-0.2, 0) is 9.63 Å². The number of benzene rings is 2. The highest BCUT2D eigenvalue weighted by molar-refractivity contribution is 5.91. The average Bonchev–Trinajstić information content (AvgIpc) is 2.65. The van der Waals surface area contributed by atoms with Crippen LogP contribution in [0.15, 0.2) is 47.6 Å². The summed E-state index contributed by atoms with van der Waals surface area (Å²) in [6, 6.07) is 9.78. The van der Waals surface area contributed by atoms with E-state index in [1.54, 1.807) is 18.2 Å². The molecular formula is C18H17F3N2O5. The zero-order valence-electron chi connectivity index (χ0n) is 14.9. The summed E-state index contributed by atoms with van der Waals surface area (Å²) in [5.41, 5.74) is 0.865. The lowest BCUT2D eigenvalue weighted by Gasteiger charge is -2.09. The minimum atomic E-state index is -4.78. The number of anilines is 1. The Hall–Kier alpha value is -3.43. The van der Waals surface area contributed by atoms with Gasteiger partial charge in [0.25, 0.3) is 5.91 Å². The maximum absolute atomic E-state index is 12.1. The molecule has 0 heterocycles. The molecule has 0 aromatic heterocycles. The molecule has 0 atom stereocenters. The Labute approximate surface area is 158 Å². The molecule has 0 bridgehead atoms. The van der Waals surface area contributed by atoms with Gasteiger partial charge >= 0.3 is 6.36 Å². The van der Waals surface area contributed by atoms with Crippen LogP contribution in [0.1, 0.15) is 5.56 Å². The van der Waals surface area contributed by atoms with Crippen LogP contribution < -0.4 is 19.5 Å². The van der Waals surface area contributed by atoms with E-state index in [1.807, 2.05) is 0 Å². The van der Waals surface area contributed by atoms with E-state index in [0.717, 1.165) is 12.1 Å².